The van der Waals surface area contributed by atoms with Crippen molar-refractivity contribution in [2.45, 2.75) is 187 Å². The Morgan fingerprint density at radius 2 is 0.829 bits per heavy atom. The summed E-state index contributed by atoms with van der Waals surface area (Å²) >= 11 is 0. The first-order valence-electron chi connectivity index (χ1n) is 15.5. The van der Waals surface area contributed by atoms with Crippen LogP contribution in [-0.4, -0.2) is 23.1 Å². The van der Waals surface area contributed by atoms with E-state index >= 15 is 0 Å². The number of ether oxygens (including phenoxy) is 1. The lowest BCUT2D eigenvalue weighted by atomic mass is 10.0. The number of hydrogen-bond acceptors (Lipinski definition) is 3. The number of hydrogen-bond donors (Lipinski definition) is 1. The summed E-state index contributed by atoms with van der Waals surface area (Å²) in [6.07, 6.45) is 29.8. The molecule has 0 rings (SSSR count). The lowest BCUT2D eigenvalue weighted by Gasteiger charge is -2.13. The van der Waals surface area contributed by atoms with Gasteiger partial charge in [0.25, 0.3) is 0 Å². The SMILES string of the molecule is CCCCCCCCCCCCCCCC(OC(=O)CCCCCCCCCCCCC)C(=O)O. The Morgan fingerprint density at radius 1 is 0.514 bits per heavy atom. The van der Waals surface area contributed by atoms with Crippen LogP contribution in [0.25, 0.3) is 0 Å². The van der Waals surface area contributed by atoms with E-state index in [1.807, 2.05) is 0 Å². The molecular weight excluding hydrogens is 436 g/mol. The van der Waals surface area contributed by atoms with E-state index in [0.717, 1.165) is 38.5 Å². The van der Waals surface area contributed by atoms with Crippen molar-refractivity contribution < 1.29 is 19.4 Å². The number of carbonyl (C=O) groups excluding carboxylic acids is 1. The highest BCUT2D eigenvalue weighted by atomic mass is 16.6. The van der Waals surface area contributed by atoms with Gasteiger partial charge in [0, 0.05) is 6.42 Å². The minimum Gasteiger partial charge on any atom is -0.479 e. The van der Waals surface area contributed by atoms with E-state index in [1.165, 1.54) is 116 Å². The molecule has 1 N–H and O–H groups in total. The van der Waals surface area contributed by atoms with Gasteiger partial charge >= 0.3 is 11.9 Å². The summed E-state index contributed by atoms with van der Waals surface area (Å²) in [6.45, 7) is 4.51. The molecule has 0 saturated heterocycles. The highest BCUT2D eigenvalue weighted by Crippen LogP contribution is 2.16. The van der Waals surface area contributed by atoms with Gasteiger partial charge in [-0.15, -0.1) is 0 Å². The van der Waals surface area contributed by atoms with Crippen LogP contribution in [0.3, 0.4) is 0 Å². The first kappa shape index (κ1) is 33.9. The number of aliphatic carboxylic acids is 1. The number of carboxylic acids is 1. The van der Waals surface area contributed by atoms with Crippen molar-refractivity contribution in [3.8, 4) is 0 Å². The van der Waals surface area contributed by atoms with Gasteiger partial charge < -0.3 is 9.84 Å². The molecule has 4 nitrogen and oxygen atoms in total. The summed E-state index contributed by atoms with van der Waals surface area (Å²) in [5.41, 5.74) is 0. The summed E-state index contributed by atoms with van der Waals surface area (Å²) < 4.78 is 5.27. The minimum atomic E-state index is -1.00. The van der Waals surface area contributed by atoms with Gasteiger partial charge in [0.05, 0.1) is 0 Å². The van der Waals surface area contributed by atoms with Gasteiger partial charge in [-0.1, -0.05) is 155 Å². The van der Waals surface area contributed by atoms with Crippen molar-refractivity contribution in [3.63, 3.8) is 0 Å². The Kier molecular flexibility index (Phi) is 26.7. The molecule has 0 aliphatic carbocycles. The molecule has 0 aromatic rings. The molecule has 0 aromatic carbocycles. The molecule has 0 amide bonds. The monoisotopic (exact) mass is 496 g/mol. The Morgan fingerprint density at radius 3 is 1.17 bits per heavy atom. The van der Waals surface area contributed by atoms with Crippen molar-refractivity contribution in [1.29, 1.82) is 0 Å². The lowest BCUT2D eigenvalue weighted by Crippen LogP contribution is -2.27. The first-order chi connectivity index (χ1) is 17.1. The first-order valence-corrected chi connectivity index (χ1v) is 15.5. The van der Waals surface area contributed by atoms with Gasteiger partial charge in [0.2, 0.25) is 0 Å². The third-order valence-electron chi connectivity index (χ3n) is 7.10. The third-order valence-corrected chi connectivity index (χ3v) is 7.10. The van der Waals surface area contributed by atoms with Crippen LogP contribution in [0.5, 0.6) is 0 Å². The second-order valence-corrected chi connectivity index (χ2v) is 10.6. The van der Waals surface area contributed by atoms with E-state index in [-0.39, 0.29) is 5.97 Å². The Bertz CT molecular complexity index is 463. The number of carboxylic acid groups (broad SMARTS) is 1. The summed E-state index contributed by atoms with van der Waals surface area (Å²) in [5.74, 6) is -1.35. The second kappa shape index (κ2) is 27.5. The highest BCUT2D eigenvalue weighted by Gasteiger charge is 2.21. The highest BCUT2D eigenvalue weighted by molar-refractivity contribution is 5.77. The predicted molar refractivity (Wildman–Crippen MR) is 149 cm³/mol. The van der Waals surface area contributed by atoms with Crippen LogP contribution in [0, 0.1) is 0 Å². The van der Waals surface area contributed by atoms with Gasteiger partial charge in [-0.25, -0.2) is 4.79 Å². The minimum absolute atomic E-state index is 0.344. The predicted octanol–water partition coefficient (Wildman–Crippen LogP) is 10.2. The van der Waals surface area contributed by atoms with Gasteiger partial charge in [-0.05, 0) is 19.3 Å². The van der Waals surface area contributed by atoms with Crippen molar-refractivity contribution in [2.75, 3.05) is 0 Å². The summed E-state index contributed by atoms with van der Waals surface area (Å²) in [5, 5.41) is 9.40. The van der Waals surface area contributed by atoms with E-state index in [9.17, 15) is 14.7 Å². The van der Waals surface area contributed by atoms with Gasteiger partial charge in [0.1, 0.15) is 0 Å². The fourth-order valence-corrected chi connectivity index (χ4v) is 4.73. The molecule has 0 bridgehead atoms. The van der Waals surface area contributed by atoms with Crippen molar-refractivity contribution >= 4 is 11.9 Å². The largest absolute Gasteiger partial charge is 0.479 e. The molecule has 0 aromatic heterocycles. The Labute approximate surface area is 218 Å². The summed E-state index contributed by atoms with van der Waals surface area (Å²) in [6, 6.07) is 0. The lowest BCUT2D eigenvalue weighted by molar-refractivity contribution is -0.164. The molecule has 0 saturated carbocycles. The van der Waals surface area contributed by atoms with Crippen LogP contribution in [0.4, 0.5) is 0 Å². The molecule has 0 aliphatic rings. The molecule has 208 valence electrons. The molecule has 1 atom stereocenters. The molecule has 35 heavy (non-hydrogen) atoms. The van der Waals surface area contributed by atoms with E-state index in [1.54, 1.807) is 0 Å². The molecule has 0 spiro atoms. The maximum absolute atomic E-state index is 12.1. The second-order valence-electron chi connectivity index (χ2n) is 10.6. The quantitative estimate of drug-likeness (QED) is 0.0864. The topological polar surface area (TPSA) is 63.6 Å². The molecule has 0 heterocycles. The zero-order valence-corrected chi connectivity index (χ0v) is 23.6. The van der Waals surface area contributed by atoms with Crippen LogP contribution in [-0.2, 0) is 14.3 Å². The molecule has 0 fully saturated rings. The van der Waals surface area contributed by atoms with Crippen LogP contribution < -0.4 is 0 Å². The number of carbonyl (C=O) groups is 2. The normalized spacial score (nSPS) is 12.1. The molecule has 0 aliphatic heterocycles. The van der Waals surface area contributed by atoms with Crippen molar-refractivity contribution in [2.24, 2.45) is 0 Å². The van der Waals surface area contributed by atoms with Gasteiger partial charge in [-0.2, -0.15) is 0 Å². The van der Waals surface area contributed by atoms with E-state index < -0.39 is 12.1 Å². The fraction of sp³-hybridized carbons (Fsp3) is 0.935. The van der Waals surface area contributed by atoms with Crippen molar-refractivity contribution in [1.82, 2.24) is 0 Å². The number of unbranched alkanes of at least 4 members (excludes halogenated alkanes) is 22. The Balaban J connectivity index is 3.57. The van der Waals surface area contributed by atoms with E-state index in [2.05, 4.69) is 13.8 Å². The average molecular weight is 497 g/mol. The maximum Gasteiger partial charge on any atom is 0.345 e. The van der Waals surface area contributed by atoms with E-state index in [4.69, 9.17) is 4.74 Å². The third kappa shape index (κ3) is 25.8. The number of rotatable bonds is 28. The summed E-state index contributed by atoms with van der Waals surface area (Å²) in [7, 11) is 0. The Hall–Kier alpha value is -1.06. The van der Waals surface area contributed by atoms with Crippen LogP contribution in [0.1, 0.15) is 181 Å². The zero-order chi connectivity index (χ0) is 25.8. The fourth-order valence-electron chi connectivity index (χ4n) is 4.73. The van der Waals surface area contributed by atoms with Gasteiger partial charge in [0.15, 0.2) is 6.10 Å². The zero-order valence-electron chi connectivity index (χ0n) is 23.6. The van der Waals surface area contributed by atoms with Crippen molar-refractivity contribution in [3.05, 3.63) is 0 Å². The van der Waals surface area contributed by atoms with Crippen LogP contribution in [0.15, 0.2) is 0 Å². The molecule has 4 heteroatoms. The molecule has 0 radical (unpaired) electrons. The molecular formula is C31H60O4. The summed E-state index contributed by atoms with van der Waals surface area (Å²) in [4.78, 5) is 23.5. The molecule has 1 unspecified atom stereocenters. The number of esters is 1. The van der Waals surface area contributed by atoms with Crippen LogP contribution >= 0.6 is 0 Å². The van der Waals surface area contributed by atoms with E-state index in [0.29, 0.717) is 12.8 Å². The maximum atomic E-state index is 12.1. The van der Waals surface area contributed by atoms with Gasteiger partial charge in [-0.3, -0.25) is 4.79 Å². The standard InChI is InChI=1S/C31H60O4/c1-3-5-7-9-11-13-15-16-18-19-21-23-25-27-29(31(33)34)35-30(32)28-26-24-22-20-17-14-12-10-8-6-4-2/h29H,3-28H2,1-2H3,(H,33,34). The average Bonchev–Trinajstić information content (AvgIpc) is 2.84. The smallest absolute Gasteiger partial charge is 0.345 e. The van der Waals surface area contributed by atoms with Crippen LogP contribution in [0.2, 0.25) is 0 Å².